The zero-order valence-corrected chi connectivity index (χ0v) is 13.9. The number of benzene rings is 1. The maximum absolute atomic E-state index is 6.27. The molecule has 1 aromatic rings. The van der Waals surface area contributed by atoms with Crippen molar-refractivity contribution in [2.45, 2.75) is 53.0 Å². The summed E-state index contributed by atoms with van der Waals surface area (Å²) in [6.07, 6.45) is 1.83. The summed E-state index contributed by atoms with van der Waals surface area (Å²) in [5, 5.41) is 8.01. The van der Waals surface area contributed by atoms with Crippen LogP contribution in [0.4, 0.5) is 5.69 Å². The van der Waals surface area contributed by atoms with Crippen molar-refractivity contribution < 1.29 is 0 Å². The number of hydrogen-bond acceptors (Lipinski definition) is 1. The second-order valence-corrected chi connectivity index (χ2v) is 6.41. The smallest absolute Gasteiger partial charge is 0.171 e. The molecule has 0 spiro atoms. The topological polar surface area (TPSA) is 24.1 Å². The molecule has 0 bridgehead atoms. The molecular formula is C15H23ClN2S. The van der Waals surface area contributed by atoms with Crippen molar-refractivity contribution in [1.29, 1.82) is 0 Å². The van der Waals surface area contributed by atoms with Crippen LogP contribution in [0.2, 0.25) is 5.02 Å². The molecule has 0 fully saturated rings. The van der Waals surface area contributed by atoms with Crippen molar-refractivity contribution >= 4 is 34.6 Å². The Morgan fingerprint density at radius 3 is 2.32 bits per heavy atom. The SMILES string of the molecule is CCc1ccc(Cl)c(CC)c1NC(=S)NC(C)(C)C. The Morgan fingerprint density at radius 2 is 1.84 bits per heavy atom. The lowest BCUT2D eigenvalue weighted by Gasteiger charge is -2.25. The second-order valence-electron chi connectivity index (χ2n) is 5.60. The summed E-state index contributed by atoms with van der Waals surface area (Å²) >= 11 is 11.6. The van der Waals surface area contributed by atoms with E-state index >= 15 is 0 Å². The molecule has 0 saturated carbocycles. The Bertz CT molecular complexity index is 464. The fourth-order valence-corrected chi connectivity index (χ4v) is 2.65. The van der Waals surface area contributed by atoms with E-state index in [0.29, 0.717) is 5.11 Å². The van der Waals surface area contributed by atoms with Crippen LogP contribution in [0.1, 0.15) is 45.7 Å². The van der Waals surface area contributed by atoms with Gasteiger partial charge in [0.2, 0.25) is 0 Å². The molecule has 4 heteroatoms. The highest BCUT2D eigenvalue weighted by atomic mass is 35.5. The first-order valence-corrected chi connectivity index (χ1v) is 7.46. The fraction of sp³-hybridized carbons (Fsp3) is 0.533. The molecule has 0 saturated heterocycles. The van der Waals surface area contributed by atoms with Gasteiger partial charge in [0, 0.05) is 16.2 Å². The maximum Gasteiger partial charge on any atom is 0.171 e. The number of rotatable bonds is 3. The van der Waals surface area contributed by atoms with Gasteiger partial charge in [-0.1, -0.05) is 31.5 Å². The van der Waals surface area contributed by atoms with Gasteiger partial charge in [0.15, 0.2) is 5.11 Å². The fourth-order valence-electron chi connectivity index (χ4n) is 1.95. The molecule has 0 aliphatic carbocycles. The summed E-state index contributed by atoms with van der Waals surface area (Å²) in [5.74, 6) is 0. The largest absolute Gasteiger partial charge is 0.358 e. The van der Waals surface area contributed by atoms with E-state index in [-0.39, 0.29) is 5.54 Å². The average molecular weight is 299 g/mol. The molecule has 0 unspecified atom stereocenters. The van der Waals surface area contributed by atoms with Gasteiger partial charge in [0.1, 0.15) is 0 Å². The van der Waals surface area contributed by atoms with Crippen molar-refractivity contribution in [3.8, 4) is 0 Å². The normalized spacial score (nSPS) is 11.3. The van der Waals surface area contributed by atoms with Gasteiger partial charge in [0.25, 0.3) is 0 Å². The van der Waals surface area contributed by atoms with Crippen molar-refractivity contribution in [3.63, 3.8) is 0 Å². The first kappa shape index (κ1) is 16.3. The number of nitrogens with one attached hydrogen (secondary N) is 2. The first-order chi connectivity index (χ1) is 8.78. The first-order valence-electron chi connectivity index (χ1n) is 6.68. The molecule has 106 valence electrons. The van der Waals surface area contributed by atoms with Crippen LogP contribution in [0.3, 0.4) is 0 Å². The zero-order valence-electron chi connectivity index (χ0n) is 12.4. The van der Waals surface area contributed by atoms with Crippen LogP contribution in [0, 0.1) is 0 Å². The van der Waals surface area contributed by atoms with Crippen molar-refractivity contribution in [1.82, 2.24) is 5.32 Å². The average Bonchev–Trinajstić information content (AvgIpc) is 2.27. The molecule has 2 N–H and O–H groups in total. The van der Waals surface area contributed by atoms with Crippen LogP contribution >= 0.6 is 23.8 Å². The van der Waals surface area contributed by atoms with E-state index in [4.69, 9.17) is 23.8 Å². The van der Waals surface area contributed by atoms with E-state index in [1.807, 2.05) is 6.07 Å². The van der Waals surface area contributed by atoms with Crippen LogP contribution in [0.25, 0.3) is 0 Å². The number of anilines is 1. The van der Waals surface area contributed by atoms with Gasteiger partial charge in [-0.2, -0.15) is 0 Å². The molecule has 1 aromatic carbocycles. The summed E-state index contributed by atoms with van der Waals surface area (Å²) in [6.45, 7) is 10.5. The van der Waals surface area contributed by atoms with Gasteiger partial charge in [-0.25, -0.2) is 0 Å². The molecular weight excluding hydrogens is 276 g/mol. The molecule has 0 heterocycles. The number of halogens is 1. The summed E-state index contributed by atoms with van der Waals surface area (Å²) in [5.41, 5.74) is 3.36. The molecule has 0 radical (unpaired) electrons. The van der Waals surface area contributed by atoms with Crippen LogP contribution in [-0.4, -0.2) is 10.7 Å². The molecule has 2 nitrogen and oxygen atoms in total. The monoisotopic (exact) mass is 298 g/mol. The Balaban J connectivity index is 3.05. The lowest BCUT2D eigenvalue weighted by molar-refractivity contribution is 0.515. The molecule has 0 aromatic heterocycles. The van der Waals surface area contributed by atoms with E-state index < -0.39 is 0 Å². The van der Waals surface area contributed by atoms with Gasteiger partial charge >= 0.3 is 0 Å². The molecule has 19 heavy (non-hydrogen) atoms. The minimum absolute atomic E-state index is 0.0542. The predicted molar refractivity (Wildman–Crippen MR) is 89.3 cm³/mol. The number of aryl methyl sites for hydroxylation is 1. The molecule has 0 amide bonds. The minimum Gasteiger partial charge on any atom is -0.358 e. The third kappa shape index (κ3) is 4.66. The van der Waals surface area contributed by atoms with Crippen molar-refractivity contribution in [2.24, 2.45) is 0 Å². The Kier molecular flexibility index (Phi) is 5.63. The van der Waals surface area contributed by atoms with Crippen LogP contribution in [-0.2, 0) is 12.8 Å². The molecule has 0 atom stereocenters. The van der Waals surface area contributed by atoms with Gasteiger partial charge < -0.3 is 10.6 Å². The van der Waals surface area contributed by atoms with Gasteiger partial charge in [0.05, 0.1) is 0 Å². The summed E-state index contributed by atoms with van der Waals surface area (Å²) in [7, 11) is 0. The zero-order chi connectivity index (χ0) is 14.6. The molecule has 0 aliphatic rings. The van der Waals surface area contributed by atoms with E-state index in [0.717, 1.165) is 29.1 Å². The van der Waals surface area contributed by atoms with Gasteiger partial charge in [-0.15, -0.1) is 0 Å². The highest BCUT2D eigenvalue weighted by molar-refractivity contribution is 7.80. The van der Waals surface area contributed by atoms with Crippen molar-refractivity contribution in [3.05, 3.63) is 28.3 Å². The van der Waals surface area contributed by atoms with Crippen LogP contribution < -0.4 is 10.6 Å². The van der Waals surface area contributed by atoms with Crippen LogP contribution in [0.5, 0.6) is 0 Å². The minimum atomic E-state index is -0.0542. The summed E-state index contributed by atoms with van der Waals surface area (Å²) in [4.78, 5) is 0. The number of thiocarbonyl (C=S) groups is 1. The second kappa shape index (κ2) is 6.58. The van der Waals surface area contributed by atoms with E-state index in [9.17, 15) is 0 Å². The van der Waals surface area contributed by atoms with Gasteiger partial charge in [-0.3, -0.25) is 0 Å². The Hall–Kier alpha value is -0.800. The van der Waals surface area contributed by atoms with E-state index in [2.05, 4.69) is 51.3 Å². The lowest BCUT2D eigenvalue weighted by atomic mass is 10.0. The predicted octanol–water partition coefficient (Wildman–Crippen LogP) is 4.55. The van der Waals surface area contributed by atoms with Gasteiger partial charge in [-0.05, 0) is 63.0 Å². The number of hydrogen-bond donors (Lipinski definition) is 2. The standard InChI is InChI=1S/C15H23ClN2S/c1-6-10-8-9-12(16)11(7-2)13(10)17-14(19)18-15(3,4)5/h8-9H,6-7H2,1-5H3,(H2,17,18,19). The van der Waals surface area contributed by atoms with Crippen LogP contribution in [0.15, 0.2) is 12.1 Å². The highest BCUT2D eigenvalue weighted by Crippen LogP contribution is 2.29. The third-order valence-electron chi connectivity index (χ3n) is 2.80. The molecule has 1 rings (SSSR count). The summed E-state index contributed by atoms with van der Waals surface area (Å²) < 4.78 is 0. The quantitative estimate of drug-likeness (QED) is 0.801. The highest BCUT2D eigenvalue weighted by Gasteiger charge is 2.15. The lowest BCUT2D eigenvalue weighted by Crippen LogP contribution is -2.43. The van der Waals surface area contributed by atoms with E-state index in [1.165, 1.54) is 5.56 Å². The Labute approximate surface area is 126 Å². The Morgan fingerprint density at radius 1 is 1.21 bits per heavy atom. The van der Waals surface area contributed by atoms with Crippen molar-refractivity contribution in [2.75, 3.05) is 5.32 Å². The third-order valence-corrected chi connectivity index (χ3v) is 3.36. The summed E-state index contributed by atoms with van der Waals surface area (Å²) in [6, 6.07) is 4.02. The molecule has 0 aliphatic heterocycles. The van der Waals surface area contributed by atoms with E-state index in [1.54, 1.807) is 0 Å². The maximum atomic E-state index is 6.27.